The number of rotatable bonds is 8. The zero-order valence-electron chi connectivity index (χ0n) is 22.3. The van der Waals surface area contributed by atoms with Gasteiger partial charge in [0.25, 0.3) is 5.91 Å². The Bertz CT molecular complexity index is 1380. The van der Waals surface area contributed by atoms with Crippen LogP contribution in [0, 0.1) is 5.92 Å². The van der Waals surface area contributed by atoms with E-state index in [4.69, 9.17) is 16.3 Å². The summed E-state index contributed by atoms with van der Waals surface area (Å²) in [6, 6.07) is 22.3. The minimum absolute atomic E-state index is 0.101. The number of hydrogen-bond acceptors (Lipinski definition) is 5. The molecule has 1 saturated heterocycles. The second kappa shape index (κ2) is 10.5. The number of halogens is 1. The predicted octanol–water partition coefficient (Wildman–Crippen LogP) is 5.36. The zero-order chi connectivity index (χ0) is 27.9. The largest absolute Gasteiger partial charge is 0.432 e. The van der Waals surface area contributed by atoms with Gasteiger partial charge in [-0.1, -0.05) is 48.9 Å². The molecule has 0 unspecified atom stereocenters. The molecule has 4 atom stereocenters. The molecule has 3 aromatic carbocycles. The van der Waals surface area contributed by atoms with E-state index < -0.39 is 20.0 Å². The summed E-state index contributed by atoms with van der Waals surface area (Å²) in [6.45, 7) is 5.83. The van der Waals surface area contributed by atoms with E-state index in [-0.39, 0.29) is 30.5 Å². The number of nitrogens with zero attached hydrogens (tertiary/aromatic N) is 2. The van der Waals surface area contributed by atoms with Gasteiger partial charge in [-0.3, -0.25) is 14.5 Å². The van der Waals surface area contributed by atoms with Crippen LogP contribution in [0.1, 0.15) is 24.5 Å². The lowest BCUT2D eigenvalue weighted by molar-refractivity contribution is -0.146. The number of para-hydroxylation sites is 1. The van der Waals surface area contributed by atoms with Gasteiger partial charge in [-0.25, -0.2) is 0 Å². The molecular formula is C30H33ClN2O5Si. The van der Waals surface area contributed by atoms with Crippen molar-refractivity contribution in [3.05, 3.63) is 88.9 Å². The van der Waals surface area contributed by atoms with Crippen molar-refractivity contribution >= 4 is 49.3 Å². The highest BCUT2D eigenvalue weighted by Crippen LogP contribution is 2.60. The molecule has 204 valence electrons. The first-order valence-electron chi connectivity index (χ1n) is 13.1. The Labute approximate surface area is 234 Å². The van der Waals surface area contributed by atoms with Crippen LogP contribution in [0.5, 0.6) is 0 Å². The van der Waals surface area contributed by atoms with E-state index in [1.807, 2.05) is 80.7 Å². The van der Waals surface area contributed by atoms with Crippen LogP contribution in [0.4, 0.5) is 17.1 Å². The van der Waals surface area contributed by atoms with Gasteiger partial charge in [0.1, 0.15) is 0 Å². The van der Waals surface area contributed by atoms with E-state index in [1.54, 1.807) is 21.9 Å². The molecule has 9 heteroatoms. The molecule has 1 fully saturated rings. The van der Waals surface area contributed by atoms with Crippen molar-refractivity contribution in [1.82, 2.24) is 0 Å². The molecule has 5 rings (SSSR count). The minimum atomic E-state index is -2.78. The maximum absolute atomic E-state index is 14.4. The van der Waals surface area contributed by atoms with Gasteiger partial charge in [0.15, 0.2) is 13.9 Å². The van der Waals surface area contributed by atoms with E-state index in [9.17, 15) is 19.5 Å². The van der Waals surface area contributed by atoms with Crippen LogP contribution in [0.25, 0.3) is 0 Å². The van der Waals surface area contributed by atoms with Crippen molar-refractivity contribution in [2.75, 3.05) is 16.4 Å². The normalized spacial score (nSPS) is 24.3. The van der Waals surface area contributed by atoms with Gasteiger partial charge in [-0.15, -0.1) is 0 Å². The third-order valence-electron chi connectivity index (χ3n) is 8.03. The van der Waals surface area contributed by atoms with Crippen molar-refractivity contribution < 1.29 is 24.2 Å². The first kappa shape index (κ1) is 27.5. The summed E-state index contributed by atoms with van der Waals surface area (Å²) in [5.74, 6) is -0.540. The Kier molecular flexibility index (Phi) is 7.43. The van der Waals surface area contributed by atoms with E-state index in [0.29, 0.717) is 28.4 Å². The van der Waals surface area contributed by atoms with E-state index in [2.05, 4.69) is 0 Å². The summed E-state index contributed by atoms with van der Waals surface area (Å²) < 4.78 is 6.61. The van der Waals surface area contributed by atoms with Crippen molar-refractivity contribution in [3.63, 3.8) is 0 Å². The molecule has 2 heterocycles. The first-order valence-corrected chi connectivity index (χ1v) is 16.5. The molecule has 7 nitrogen and oxygen atoms in total. The molecular weight excluding hydrogens is 532 g/mol. The maximum Gasteiger partial charge on any atom is 0.264 e. The summed E-state index contributed by atoms with van der Waals surface area (Å²) >= 11 is 6.44. The van der Waals surface area contributed by atoms with Crippen molar-refractivity contribution in [1.29, 1.82) is 0 Å². The molecule has 0 aliphatic carbocycles. The van der Waals surface area contributed by atoms with Gasteiger partial charge in [0, 0.05) is 40.0 Å². The lowest BCUT2D eigenvalue weighted by Crippen LogP contribution is -2.46. The van der Waals surface area contributed by atoms with Crippen LogP contribution in [-0.4, -0.2) is 43.2 Å². The second-order valence-electron chi connectivity index (χ2n) is 10.9. The monoisotopic (exact) mass is 564 g/mol. The van der Waals surface area contributed by atoms with Gasteiger partial charge in [-0.2, -0.15) is 0 Å². The Morgan fingerprint density at radius 2 is 1.79 bits per heavy atom. The molecule has 0 radical (unpaired) electrons. The number of carbonyl (C=O) groups excluding carboxylic acids is 2. The van der Waals surface area contributed by atoms with Gasteiger partial charge in [0.05, 0.1) is 18.3 Å². The average Bonchev–Trinajstić information content (AvgIpc) is 3.32. The van der Waals surface area contributed by atoms with E-state index in [0.717, 1.165) is 17.7 Å². The van der Waals surface area contributed by atoms with E-state index in [1.165, 1.54) is 0 Å². The number of aliphatic hydroxyl groups excluding tert-OH is 1. The molecule has 0 bridgehead atoms. The molecule has 0 aromatic heterocycles. The van der Waals surface area contributed by atoms with Crippen LogP contribution in [0.2, 0.25) is 23.7 Å². The predicted molar refractivity (Wildman–Crippen MR) is 155 cm³/mol. The van der Waals surface area contributed by atoms with Gasteiger partial charge in [-0.05, 0) is 67.5 Å². The summed E-state index contributed by atoms with van der Waals surface area (Å²) in [4.78, 5) is 40.9. The molecule has 2 amide bonds. The minimum Gasteiger partial charge on any atom is -0.432 e. The number of amides is 2. The second-order valence-corrected chi connectivity index (χ2v) is 15.3. The molecule has 1 spiro atoms. The number of aliphatic hydroxyl groups is 1. The quantitative estimate of drug-likeness (QED) is 0.284. The van der Waals surface area contributed by atoms with Crippen LogP contribution in [0.3, 0.4) is 0 Å². The van der Waals surface area contributed by atoms with Gasteiger partial charge >= 0.3 is 0 Å². The summed E-state index contributed by atoms with van der Waals surface area (Å²) in [7, 11) is -2.78. The van der Waals surface area contributed by atoms with Crippen LogP contribution in [0.15, 0.2) is 72.8 Å². The number of carbonyl (C=O) groups is 2. The number of anilines is 3. The number of fused-ring (bicyclic) bond motifs is 2. The number of benzene rings is 3. The average molecular weight is 565 g/mol. The maximum atomic E-state index is 14.4. The fourth-order valence-electron chi connectivity index (χ4n) is 6.45. The molecule has 39 heavy (non-hydrogen) atoms. The van der Waals surface area contributed by atoms with Crippen molar-refractivity contribution in [3.8, 4) is 0 Å². The Balaban J connectivity index is 1.54. The van der Waals surface area contributed by atoms with Crippen LogP contribution in [-0.2, 0) is 26.5 Å². The number of ether oxygens (including phenoxy) is 1. The SMILES string of the molecule is C[C@H]1[C@H]([Si](C)(C)O)[C@@H](CCO)O[C@]12C(=O)N(Cc1cccc(N(C=O)c3ccccc3)c1)c1ccc(Cl)cc12. The molecule has 2 aliphatic heterocycles. The fourth-order valence-corrected chi connectivity index (χ4v) is 9.23. The molecule has 2 N–H and O–H groups in total. The summed E-state index contributed by atoms with van der Waals surface area (Å²) in [5, 5.41) is 10.3. The molecule has 2 aliphatic rings. The van der Waals surface area contributed by atoms with Crippen molar-refractivity contribution in [2.24, 2.45) is 5.92 Å². The van der Waals surface area contributed by atoms with E-state index >= 15 is 0 Å². The smallest absolute Gasteiger partial charge is 0.264 e. The lowest BCUT2D eigenvalue weighted by Gasteiger charge is -2.32. The fraction of sp³-hybridized carbons (Fsp3) is 0.333. The van der Waals surface area contributed by atoms with Crippen LogP contribution >= 0.6 is 11.6 Å². The zero-order valence-corrected chi connectivity index (χ0v) is 24.0. The summed E-state index contributed by atoms with van der Waals surface area (Å²) in [5.41, 5.74) is 2.10. The van der Waals surface area contributed by atoms with Crippen LogP contribution < -0.4 is 9.80 Å². The lowest BCUT2D eigenvalue weighted by atomic mass is 9.82. The molecule has 0 saturated carbocycles. The standard InChI is InChI=1S/C30H33ClN2O5Si/c1-20-28(39(2,3)37)27(14-15-34)38-30(20)25-17-22(31)12-13-26(25)32(29(30)36)18-21-8-7-11-24(16-21)33(19-35)23-9-5-4-6-10-23/h4-13,16-17,19-20,27-28,34,37H,14-15,18H2,1-3H3/t20-,27+,28-,30+/m0/s1. The highest BCUT2D eigenvalue weighted by molar-refractivity contribution is 6.71. The number of hydrogen-bond donors (Lipinski definition) is 2. The van der Waals surface area contributed by atoms with Crippen molar-refractivity contribution in [2.45, 2.75) is 50.2 Å². The first-order chi connectivity index (χ1) is 18.6. The third-order valence-corrected chi connectivity index (χ3v) is 10.8. The summed E-state index contributed by atoms with van der Waals surface area (Å²) in [6.07, 6.45) is 0.653. The third kappa shape index (κ3) is 4.70. The highest BCUT2D eigenvalue weighted by atomic mass is 35.5. The van der Waals surface area contributed by atoms with Gasteiger partial charge in [0.2, 0.25) is 6.41 Å². The van der Waals surface area contributed by atoms with Gasteiger partial charge < -0.3 is 19.5 Å². The Morgan fingerprint density at radius 1 is 1.08 bits per heavy atom. The highest BCUT2D eigenvalue weighted by Gasteiger charge is 2.66. The Morgan fingerprint density at radius 3 is 2.46 bits per heavy atom. The Hall–Kier alpha value is -3.01. The molecule has 3 aromatic rings. The topological polar surface area (TPSA) is 90.3 Å².